The number of H-pyrrole nitrogens is 1. The highest BCUT2D eigenvalue weighted by Gasteiger charge is 2.34. The summed E-state index contributed by atoms with van der Waals surface area (Å²) >= 11 is 10.6. The molecule has 3 N–H and O–H groups in total. The van der Waals surface area contributed by atoms with Crippen molar-refractivity contribution in [2.75, 3.05) is 24.6 Å². The Hall–Kier alpha value is -2.48. The Kier molecular flexibility index (Phi) is 7.26. The van der Waals surface area contributed by atoms with E-state index in [1.807, 2.05) is 11.8 Å². The summed E-state index contributed by atoms with van der Waals surface area (Å²) in [7, 11) is 1.68. The number of carboxylic acid groups (broad SMARTS) is 1. The van der Waals surface area contributed by atoms with Crippen molar-refractivity contribution in [2.45, 2.75) is 32.4 Å². The SMILES string of the molecule is CCO[C@H]1CN(c2nc(-c3ncnn3C)c(C(=O)O)s2)CC[C@H]1NC(=O)c1[nH]c(C)c(Cl)c1Br. The third kappa shape index (κ3) is 4.69. The van der Waals surface area contributed by atoms with Gasteiger partial charge in [-0.1, -0.05) is 22.9 Å². The van der Waals surface area contributed by atoms with E-state index in [-0.39, 0.29) is 28.6 Å². The summed E-state index contributed by atoms with van der Waals surface area (Å²) in [6, 6.07) is -0.241. The lowest BCUT2D eigenvalue weighted by atomic mass is 10.0. The monoisotopic (exact) mass is 571 g/mol. The first-order valence-electron chi connectivity index (χ1n) is 10.5. The minimum atomic E-state index is -1.07. The molecule has 3 aromatic rings. The first-order valence-corrected chi connectivity index (χ1v) is 12.5. The standard InChI is InChI=1S/C20H23BrClN7O4S/c1-4-33-11-7-29(6-5-10(11)26-18(30)14-12(21)13(22)9(2)25-14)20-27-15(16(34-20)19(31)32)17-23-8-24-28(17)3/h8,10-11,25H,4-7H2,1-3H3,(H,26,30)(H,31,32)/t10-,11+/m1/s1. The van der Waals surface area contributed by atoms with Gasteiger partial charge in [0, 0.05) is 32.4 Å². The minimum absolute atomic E-state index is 0.0957. The molecule has 0 unspecified atom stereocenters. The zero-order valence-electron chi connectivity index (χ0n) is 18.6. The summed E-state index contributed by atoms with van der Waals surface area (Å²) in [5, 5.41) is 17.8. The molecule has 4 heterocycles. The van der Waals surface area contributed by atoms with E-state index >= 15 is 0 Å². The highest BCUT2D eigenvalue weighted by molar-refractivity contribution is 9.10. The number of piperidine rings is 1. The van der Waals surface area contributed by atoms with Gasteiger partial charge in [-0.15, -0.1) is 0 Å². The lowest BCUT2D eigenvalue weighted by Crippen LogP contribution is -2.55. The fraction of sp³-hybridized carbons (Fsp3) is 0.450. The average molecular weight is 573 g/mol. The third-order valence-corrected chi connectivity index (χ3v) is 8.14. The molecule has 0 radical (unpaired) electrons. The van der Waals surface area contributed by atoms with Gasteiger partial charge in [0.1, 0.15) is 22.6 Å². The van der Waals surface area contributed by atoms with Crippen molar-refractivity contribution >= 4 is 55.9 Å². The maximum Gasteiger partial charge on any atom is 0.348 e. The summed E-state index contributed by atoms with van der Waals surface area (Å²) in [4.78, 5) is 38.6. The highest BCUT2D eigenvalue weighted by atomic mass is 79.9. The van der Waals surface area contributed by atoms with Gasteiger partial charge in [0.05, 0.1) is 21.6 Å². The lowest BCUT2D eigenvalue weighted by Gasteiger charge is -2.38. The molecule has 14 heteroatoms. The van der Waals surface area contributed by atoms with E-state index in [0.29, 0.717) is 58.0 Å². The van der Waals surface area contributed by atoms with Gasteiger partial charge < -0.3 is 25.0 Å². The molecule has 0 aromatic carbocycles. The molecule has 1 fully saturated rings. The number of halogens is 2. The van der Waals surface area contributed by atoms with Gasteiger partial charge in [-0.2, -0.15) is 5.10 Å². The molecule has 11 nitrogen and oxygen atoms in total. The average Bonchev–Trinajstić information content (AvgIpc) is 3.49. The first-order chi connectivity index (χ1) is 16.2. The molecular weight excluding hydrogens is 550 g/mol. The van der Waals surface area contributed by atoms with Crippen molar-refractivity contribution < 1.29 is 19.4 Å². The Morgan fingerprint density at radius 3 is 2.82 bits per heavy atom. The van der Waals surface area contributed by atoms with Gasteiger partial charge in [-0.3, -0.25) is 4.79 Å². The summed E-state index contributed by atoms with van der Waals surface area (Å²) in [6.07, 6.45) is 1.63. The Bertz CT molecular complexity index is 1230. The maximum absolute atomic E-state index is 12.9. The van der Waals surface area contributed by atoms with Crippen LogP contribution < -0.4 is 10.2 Å². The largest absolute Gasteiger partial charge is 0.477 e. The number of aryl methyl sites for hydroxylation is 2. The lowest BCUT2D eigenvalue weighted by molar-refractivity contribution is 0.0272. The topological polar surface area (TPSA) is 138 Å². The Balaban J connectivity index is 1.54. The molecule has 3 aromatic heterocycles. The molecule has 0 spiro atoms. The Morgan fingerprint density at radius 1 is 1.47 bits per heavy atom. The number of hydrogen-bond acceptors (Lipinski definition) is 8. The molecule has 0 aliphatic carbocycles. The number of aromatic amines is 1. The van der Waals surface area contributed by atoms with Crippen LogP contribution in [0.15, 0.2) is 10.8 Å². The van der Waals surface area contributed by atoms with E-state index in [9.17, 15) is 14.7 Å². The van der Waals surface area contributed by atoms with E-state index in [1.54, 1.807) is 14.0 Å². The number of rotatable bonds is 7. The van der Waals surface area contributed by atoms with Gasteiger partial charge in [-0.25, -0.2) is 19.4 Å². The van der Waals surface area contributed by atoms with Crippen molar-refractivity contribution in [2.24, 2.45) is 7.05 Å². The number of amides is 1. The Labute approximate surface area is 212 Å². The molecule has 0 bridgehead atoms. The number of aromatic carboxylic acids is 1. The van der Waals surface area contributed by atoms with E-state index in [4.69, 9.17) is 16.3 Å². The number of nitrogens with one attached hydrogen (secondary N) is 2. The van der Waals surface area contributed by atoms with Gasteiger partial charge in [0.2, 0.25) is 0 Å². The number of ether oxygens (including phenoxy) is 1. The summed E-state index contributed by atoms with van der Waals surface area (Å²) in [6.45, 7) is 5.14. The van der Waals surface area contributed by atoms with Crippen LogP contribution in [0.1, 0.15) is 39.2 Å². The van der Waals surface area contributed by atoms with Crippen molar-refractivity contribution in [1.29, 1.82) is 0 Å². The molecule has 34 heavy (non-hydrogen) atoms. The van der Waals surface area contributed by atoms with Crippen LogP contribution in [0.25, 0.3) is 11.5 Å². The second-order valence-corrected chi connectivity index (χ2v) is 9.90. The number of thiazole rings is 1. The number of carbonyl (C=O) groups excluding carboxylic acids is 1. The van der Waals surface area contributed by atoms with Crippen LogP contribution >= 0.6 is 38.9 Å². The highest BCUT2D eigenvalue weighted by Crippen LogP contribution is 2.34. The number of carbonyl (C=O) groups is 2. The van der Waals surface area contributed by atoms with Crippen LogP contribution in [0.3, 0.4) is 0 Å². The predicted molar refractivity (Wildman–Crippen MR) is 131 cm³/mol. The molecule has 1 saturated heterocycles. The van der Waals surface area contributed by atoms with Gasteiger partial charge in [0.15, 0.2) is 11.0 Å². The van der Waals surface area contributed by atoms with Gasteiger partial charge in [-0.05, 0) is 36.2 Å². The van der Waals surface area contributed by atoms with Crippen molar-refractivity contribution in [1.82, 2.24) is 30.0 Å². The predicted octanol–water partition coefficient (Wildman–Crippen LogP) is 3.10. The number of nitrogens with zero attached hydrogens (tertiary/aromatic N) is 5. The molecule has 4 rings (SSSR count). The molecule has 1 aliphatic rings. The zero-order valence-corrected chi connectivity index (χ0v) is 21.8. The number of anilines is 1. The van der Waals surface area contributed by atoms with Crippen molar-refractivity contribution in [3.63, 3.8) is 0 Å². The maximum atomic E-state index is 12.9. The minimum Gasteiger partial charge on any atom is -0.477 e. The normalized spacial score (nSPS) is 18.3. The van der Waals surface area contributed by atoms with E-state index in [0.717, 1.165) is 11.3 Å². The number of hydrogen-bond donors (Lipinski definition) is 3. The van der Waals surface area contributed by atoms with Crippen LogP contribution in [0, 0.1) is 6.92 Å². The number of aromatic nitrogens is 5. The van der Waals surface area contributed by atoms with Crippen LogP contribution in [-0.4, -0.2) is 73.6 Å². The van der Waals surface area contributed by atoms with Crippen LogP contribution in [0.4, 0.5) is 5.13 Å². The molecule has 1 amide bonds. The van der Waals surface area contributed by atoms with Gasteiger partial charge >= 0.3 is 5.97 Å². The van der Waals surface area contributed by atoms with Crippen molar-refractivity contribution in [3.05, 3.63) is 32.1 Å². The van der Waals surface area contributed by atoms with Crippen LogP contribution in [-0.2, 0) is 11.8 Å². The molecular formula is C20H23BrClN7O4S. The second-order valence-electron chi connectivity index (χ2n) is 7.75. The first kappa shape index (κ1) is 24.6. The number of carboxylic acids is 1. The van der Waals surface area contributed by atoms with Crippen LogP contribution in [0.5, 0.6) is 0 Å². The smallest absolute Gasteiger partial charge is 0.348 e. The van der Waals surface area contributed by atoms with Crippen LogP contribution in [0.2, 0.25) is 5.02 Å². The molecule has 2 atom stereocenters. The quantitative estimate of drug-likeness (QED) is 0.393. The van der Waals surface area contributed by atoms with E-state index in [2.05, 4.69) is 41.3 Å². The fourth-order valence-corrected chi connectivity index (χ4v) is 5.51. The molecule has 182 valence electrons. The fourth-order valence-electron chi connectivity index (χ4n) is 3.86. The summed E-state index contributed by atoms with van der Waals surface area (Å²) in [5.74, 6) is -0.971. The zero-order chi connectivity index (χ0) is 24.6. The molecule has 0 saturated carbocycles. The van der Waals surface area contributed by atoms with Crippen molar-refractivity contribution in [3.8, 4) is 11.5 Å². The summed E-state index contributed by atoms with van der Waals surface area (Å²) < 4.78 is 7.96. The van der Waals surface area contributed by atoms with E-state index in [1.165, 1.54) is 11.0 Å². The second kappa shape index (κ2) is 10.0. The third-order valence-electron chi connectivity index (χ3n) is 5.54. The molecule has 1 aliphatic heterocycles. The summed E-state index contributed by atoms with van der Waals surface area (Å²) in [5.41, 5.74) is 1.34. The van der Waals surface area contributed by atoms with Gasteiger partial charge in [0.25, 0.3) is 5.91 Å². The Morgan fingerprint density at radius 2 is 2.24 bits per heavy atom. The van der Waals surface area contributed by atoms with E-state index < -0.39 is 5.97 Å².